The molecule has 0 spiro atoms. The van der Waals surface area contributed by atoms with Crippen molar-refractivity contribution in [3.63, 3.8) is 0 Å². The van der Waals surface area contributed by atoms with E-state index >= 15 is 0 Å². The van der Waals surface area contributed by atoms with Gasteiger partial charge in [-0.05, 0) is 42.4 Å². The molecular formula is C30H44O8. The lowest BCUT2D eigenvalue weighted by atomic mass is 9.93. The largest absolute Gasteiger partial charge is 0.463 e. The third-order valence-electron chi connectivity index (χ3n) is 6.48. The van der Waals surface area contributed by atoms with Gasteiger partial charge in [0.2, 0.25) is 0 Å². The summed E-state index contributed by atoms with van der Waals surface area (Å²) in [5, 5.41) is 30.2. The monoisotopic (exact) mass is 532 g/mol. The molecule has 3 atom stereocenters. The van der Waals surface area contributed by atoms with Crippen LogP contribution in [0.3, 0.4) is 0 Å². The molecule has 0 heterocycles. The van der Waals surface area contributed by atoms with Crippen LogP contribution in [0.4, 0.5) is 0 Å². The SMILES string of the molecule is CCCC(=O)OC1=C(CCCCCCC(=O)OCCO)[C@@H](C=C[C@@H](O)Cc2cccc(COC)c2)[C@H](O)C1. The molecule has 0 saturated carbocycles. The van der Waals surface area contributed by atoms with Gasteiger partial charge in [-0.3, -0.25) is 9.59 Å². The highest BCUT2D eigenvalue weighted by Crippen LogP contribution is 2.37. The van der Waals surface area contributed by atoms with E-state index in [9.17, 15) is 19.8 Å². The van der Waals surface area contributed by atoms with Gasteiger partial charge in [-0.15, -0.1) is 0 Å². The molecule has 1 aromatic carbocycles. The normalized spacial score (nSPS) is 18.2. The van der Waals surface area contributed by atoms with Gasteiger partial charge in [0.15, 0.2) is 0 Å². The number of rotatable bonds is 18. The molecule has 2 rings (SSSR count). The number of unbranched alkanes of at least 4 members (excludes halogenated alkanes) is 3. The fourth-order valence-corrected chi connectivity index (χ4v) is 4.66. The van der Waals surface area contributed by atoms with Crippen LogP contribution >= 0.6 is 0 Å². The average molecular weight is 533 g/mol. The van der Waals surface area contributed by atoms with Crippen molar-refractivity contribution in [2.24, 2.45) is 5.92 Å². The summed E-state index contributed by atoms with van der Waals surface area (Å²) in [6, 6.07) is 7.89. The summed E-state index contributed by atoms with van der Waals surface area (Å²) in [5.41, 5.74) is 2.93. The fraction of sp³-hybridized carbons (Fsp3) is 0.600. The minimum absolute atomic E-state index is 0.0264. The molecule has 0 amide bonds. The van der Waals surface area contributed by atoms with Crippen LogP contribution in [0.25, 0.3) is 0 Å². The van der Waals surface area contributed by atoms with Gasteiger partial charge in [0.25, 0.3) is 0 Å². The van der Waals surface area contributed by atoms with Crippen molar-refractivity contribution in [3.05, 3.63) is 58.9 Å². The van der Waals surface area contributed by atoms with E-state index in [1.165, 1.54) is 0 Å². The van der Waals surface area contributed by atoms with Gasteiger partial charge in [-0.2, -0.15) is 0 Å². The summed E-state index contributed by atoms with van der Waals surface area (Å²) in [6.07, 6.45) is 8.04. The van der Waals surface area contributed by atoms with Crippen LogP contribution < -0.4 is 0 Å². The fourth-order valence-electron chi connectivity index (χ4n) is 4.66. The number of aliphatic hydroxyl groups is 3. The Bertz CT molecular complexity index is 923. The van der Waals surface area contributed by atoms with Crippen molar-refractivity contribution in [2.45, 2.75) is 89.9 Å². The molecule has 0 unspecified atom stereocenters. The molecule has 1 aromatic rings. The van der Waals surface area contributed by atoms with Gasteiger partial charge in [-0.1, -0.05) is 56.2 Å². The van der Waals surface area contributed by atoms with Crippen molar-refractivity contribution in [2.75, 3.05) is 20.3 Å². The molecule has 1 aliphatic rings. The van der Waals surface area contributed by atoms with Crippen LogP contribution in [0.5, 0.6) is 0 Å². The van der Waals surface area contributed by atoms with Crippen LogP contribution in [0.15, 0.2) is 47.7 Å². The second-order valence-corrected chi connectivity index (χ2v) is 9.74. The first-order valence-corrected chi connectivity index (χ1v) is 13.7. The highest BCUT2D eigenvalue weighted by molar-refractivity contribution is 5.70. The Hall–Kier alpha value is -2.52. The van der Waals surface area contributed by atoms with Crippen LogP contribution in [-0.2, 0) is 36.8 Å². The average Bonchev–Trinajstić information content (AvgIpc) is 3.17. The molecule has 38 heavy (non-hydrogen) atoms. The Kier molecular flexibility index (Phi) is 14.9. The van der Waals surface area contributed by atoms with E-state index in [0.717, 1.165) is 36.0 Å². The summed E-state index contributed by atoms with van der Waals surface area (Å²) in [4.78, 5) is 23.8. The Morgan fingerprint density at radius 3 is 2.61 bits per heavy atom. The molecule has 0 fully saturated rings. The first kappa shape index (κ1) is 31.7. The Morgan fingerprint density at radius 2 is 1.87 bits per heavy atom. The standard InChI is InChI=1S/C30H44O8/c1-3-9-30(35)38-28-20-27(33)25(26(28)12-6-4-5-7-13-29(34)37-17-16-31)15-14-24(32)19-22-10-8-11-23(18-22)21-36-2/h8,10-11,14-15,18,24-25,27,31-33H,3-7,9,12-13,16-17,19-21H2,1-2H3/t24-,25-,27-/m1/s1. The Labute approximate surface area is 226 Å². The summed E-state index contributed by atoms with van der Waals surface area (Å²) in [5.74, 6) is -0.392. The van der Waals surface area contributed by atoms with Gasteiger partial charge >= 0.3 is 11.9 Å². The smallest absolute Gasteiger partial charge is 0.310 e. The Morgan fingerprint density at radius 1 is 1.11 bits per heavy atom. The molecule has 8 nitrogen and oxygen atoms in total. The van der Waals surface area contributed by atoms with Crippen molar-refractivity contribution in [1.29, 1.82) is 0 Å². The topological polar surface area (TPSA) is 123 Å². The molecule has 0 radical (unpaired) electrons. The first-order valence-electron chi connectivity index (χ1n) is 13.7. The molecule has 0 aromatic heterocycles. The first-order chi connectivity index (χ1) is 18.4. The van der Waals surface area contributed by atoms with Gasteiger partial charge in [0, 0.05) is 38.7 Å². The zero-order valence-electron chi connectivity index (χ0n) is 22.8. The third kappa shape index (κ3) is 11.5. The number of hydrogen-bond donors (Lipinski definition) is 3. The van der Waals surface area contributed by atoms with Crippen LogP contribution in [0.1, 0.15) is 75.8 Å². The zero-order chi connectivity index (χ0) is 27.8. The number of hydrogen-bond acceptors (Lipinski definition) is 8. The van der Waals surface area contributed by atoms with Crippen molar-refractivity contribution < 1.29 is 39.1 Å². The minimum Gasteiger partial charge on any atom is -0.463 e. The highest BCUT2D eigenvalue weighted by Gasteiger charge is 2.33. The van der Waals surface area contributed by atoms with E-state index in [1.807, 2.05) is 37.3 Å². The van der Waals surface area contributed by atoms with E-state index in [-0.39, 0.29) is 37.5 Å². The van der Waals surface area contributed by atoms with Crippen molar-refractivity contribution in [3.8, 4) is 0 Å². The van der Waals surface area contributed by atoms with E-state index in [1.54, 1.807) is 13.2 Å². The van der Waals surface area contributed by atoms with Crippen LogP contribution in [0, 0.1) is 5.92 Å². The number of ether oxygens (including phenoxy) is 3. The molecule has 212 valence electrons. The molecule has 1 aliphatic carbocycles. The van der Waals surface area contributed by atoms with E-state index in [0.29, 0.717) is 50.9 Å². The molecule has 0 aliphatic heterocycles. The maximum Gasteiger partial charge on any atom is 0.310 e. The van der Waals surface area contributed by atoms with Gasteiger partial charge in [0.1, 0.15) is 12.4 Å². The van der Waals surface area contributed by atoms with E-state index in [2.05, 4.69) is 0 Å². The molecule has 0 saturated heterocycles. The van der Waals surface area contributed by atoms with Crippen LogP contribution in [0.2, 0.25) is 0 Å². The summed E-state index contributed by atoms with van der Waals surface area (Å²) in [6.45, 7) is 2.28. The summed E-state index contributed by atoms with van der Waals surface area (Å²) in [7, 11) is 1.65. The lowest BCUT2D eigenvalue weighted by Gasteiger charge is -2.16. The number of methoxy groups -OCH3 is 1. The summed E-state index contributed by atoms with van der Waals surface area (Å²) < 4.78 is 15.7. The van der Waals surface area contributed by atoms with E-state index < -0.39 is 12.2 Å². The quantitative estimate of drug-likeness (QED) is 0.146. The second-order valence-electron chi connectivity index (χ2n) is 9.74. The Balaban J connectivity index is 1.99. The number of benzene rings is 1. The predicted molar refractivity (Wildman–Crippen MR) is 144 cm³/mol. The van der Waals surface area contributed by atoms with Gasteiger partial charge in [-0.25, -0.2) is 0 Å². The summed E-state index contributed by atoms with van der Waals surface area (Å²) >= 11 is 0. The maximum atomic E-state index is 12.2. The number of aliphatic hydroxyl groups excluding tert-OH is 3. The van der Waals surface area contributed by atoms with Gasteiger partial charge < -0.3 is 29.5 Å². The third-order valence-corrected chi connectivity index (χ3v) is 6.48. The predicted octanol–water partition coefficient (Wildman–Crippen LogP) is 4.15. The van der Waals surface area contributed by atoms with Crippen molar-refractivity contribution >= 4 is 11.9 Å². The number of esters is 2. The molecular weight excluding hydrogens is 488 g/mol. The highest BCUT2D eigenvalue weighted by atomic mass is 16.5. The van der Waals surface area contributed by atoms with Crippen LogP contribution in [-0.4, -0.2) is 59.8 Å². The zero-order valence-corrected chi connectivity index (χ0v) is 22.8. The number of carbonyl (C=O) groups is 2. The van der Waals surface area contributed by atoms with Gasteiger partial charge in [0.05, 0.1) is 25.4 Å². The maximum absolute atomic E-state index is 12.2. The number of carbonyl (C=O) groups excluding carboxylic acids is 2. The van der Waals surface area contributed by atoms with Crippen molar-refractivity contribution in [1.82, 2.24) is 0 Å². The molecule has 3 N–H and O–H groups in total. The van der Waals surface area contributed by atoms with E-state index in [4.69, 9.17) is 19.3 Å². The minimum atomic E-state index is -0.724. The lowest BCUT2D eigenvalue weighted by Crippen LogP contribution is -2.16. The second kappa shape index (κ2) is 17.9. The molecule has 8 heteroatoms. The lowest BCUT2D eigenvalue weighted by molar-refractivity contribution is -0.144. The molecule has 0 bridgehead atoms.